The Bertz CT molecular complexity index is 1800. The lowest BCUT2D eigenvalue weighted by Crippen LogP contribution is -2.40. The number of fused-ring (bicyclic) bond motifs is 8. The lowest BCUT2D eigenvalue weighted by Gasteiger charge is -2.41. The predicted molar refractivity (Wildman–Crippen MR) is 373 cm³/mol. The first-order valence-corrected chi connectivity index (χ1v) is 24.0. The van der Waals surface area contributed by atoms with Gasteiger partial charge >= 0.3 is 5.79 Å². The third kappa shape index (κ3) is 20.5. The fourth-order valence-corrected chi connectivity index (χ4v) is 8.16. The maximum absolute atomic E-state index is 6.11. The summed E-state index contributed by atoms with van der Waals surface area (Å²) in [5, 5.41) is 0. The third-order valence-corrected chi connectivity index (χ3v) is 12.4. The SMILES string of the molecule is C1=COC2(O1)c1ccccc1-c1ccccc12.C=CC(C)(C)C(C)(C)CCC.C=CC(C)(C)C1(OI)c2ccccc2-c2ccccc21.CC.CC.CC.CCCC.CCOC.I.I.I.I.I.I. The minimum Gasteiger partial charge on any atom is -0.449 e. The van der Waals surface area contributed by atoms with Crippen LogP contribution in [0, 0.1) is 16.2 Å². The van der Waals surface area contributed by atoms with Crippen molar-refractivity contribution in [2.75, 3.05) is 13.7 Å². The van der Waals surface area contributed by atoms with Gasteiger partial charge in [0, 0.05) is 30.3 Å². The average Bonchev–Trinajstić information content (AvgIpc) is 4.02. The van der Waals surface area contributed by atoms with E-state index in [0.29, 0.717) is 5.41 Å². The highest BCUT2D eigenvalue weighted by molar-refractivity contribution is 14.1. The van der Waals surface area contributed by atoms with Crippen LogP contribution in [0.25, 0.3) is 22.3 Å². The Morgan fingerprint density at radius 1 is 0.515 bits per heavy atom. The number of allylic oxidation sites excluding steroid dienone is 1. The normalized spacial score (nSPS) is 12.2. The molecule has 0 saturated carbocycles. The van der Waals surface area contributed by atoms with E-state index in [1.165, 1.54) is 59.1 Å². The molecular weight excluding hydrogens is 1640 g/mol. The number of benzene rings is 4. The molecule has 4 aromatic carbocycles. The second-order valence-electron chi connectivity index (χ2n) is 16.1. The minimum atomic E-state index is -0.757. The van der Waals surface area contributed by atoms with Gasteiger partial charge in [-0.15, -0.1) is 157 Å². The summed E-state index contributed by atoms with van der Waals surface area (Å²) in [5.74, 6) is -0.757. The van der Waals surface area contributed by atoms with Crippen LogP contribution in [0.2, 0.25) is 0 Å². The molecule has 1 heterocycles. The van der Waals surface area contributed by atoms with Gasteiger partial charge in [0.15, 0.2) is 0 Å². The van der Waals surface area contributed by atoms with Crippen LogP contribution in [0.3, 0.4) is 0 Å². The fraction of sp³-hybridized carbons (Fsp3) is 0.474. The van der Waals surface area contributed by atoms with E-state index in [1.54, 1.807) is 19.6 Å². The van der Waals surface area contributed by atoms with Crippen molar-refractivity contribution in [2.24, 2.45) is 16.2 Å². The number of rotatable bonds is 9. The molecule has 3 aliphatic rings. The maximum Gasteiger partial charge on any atom is 0.305 e. The predicted octanol–water partition coefficient (Wildman–Crippen LogP) is 22.1. The van der Waals surface area contributed by atoms with Gasteiger partial charge in [-0.3, -0.25) is 3.07 Å². The van der Waals surface area contributed by atoms with Gasteiger partial charge in [-0.25, -0.2) is 0 Å². The average molecular weight is 1730 g/mol. The molecule has 4 nitrogen and oxygen atoms in total. The molecule has 0 atom stereocenters. The van der Waals surface area contributed by atoms with Crippen molar-refractivity contribution >= 4 is 167 Å². The Morgan fingerprint density at radius 3 is 1.06 bits per heavy atom. The lowest BCUT2D eigenvalue weighted by molar-refractivity contribution is -0.109. The molecule has 0 saturated heterocycles. The summed E-state index contributed by atoms with van der Waals surface area (Å²) in [6.07, 6.45) is 12.4. The Hall–Kier alpha value is 0.730. The van der Waals surface area contributed by atoms with Crippen molar-refractivity contribution in [3.05, 3.63) is 157 Å². The smallest absolute Gasteiger partial charge is 0.305 e. The van der Waals surface area contributed by atoms with Crippen LogP contribution < -0.4 is 0 Å². The van der Waals surface area contributed by atoms with Crippen LogP contribution in [0.15, 0.2) is 135 Å². The number of unbranched alkanes of at least 4 members (excludes halogenated alkanes) is 1. The van der Waals surface area contributed by atoms with Crippen LogP contribution in [-0.2, 0) is 28.7 Å². The molecule has 68 heavy (non-hydrogen) atoms. The van der Waals surface area contributed by atoms with Crippen LogP contribution in [0.4, 0.5) is 0 Å². The zero-order valence-electron chi connectivity index (χ0n) is 44.5. The first kappa shape index (κ1) is 82.7. The van der Waals surface area contributed by atoms with Gasteiger partial charge in [0.2, 0.25) is 0 Å². The highest BCUT2D eigenvalue weighted by Crippen LogP contribution is 2.59. The molecule has 0 radical (unpaired) electrons. The number of ether oxygens (including phenoxy) is 3. The summed E-state index contributed by atoms with van der Waals surface area (Å²) < 4.78 is 22.2. The molecule has 4 aromatic rings. The highest BCUT2D eigenvalue weighted by atomic mass is 127. The van der Waals surface area contributed by atoms with Gasteiger partial charge in [0.1, 0.15) is 41.1 Å². The molecule has 392 valence electrons. The van der Waals surface area contributed by atoms with Crippen molar-refractivity contribution in [3.63, 3.8) is 0 Å². The van der Waals surface area contributed by atoms with Gasteiger partial charge in [0.05, 0.1) is 0 Å². The van der Waals surface area contributed by atoms with E-state index in [2.05, 4.69) is 159 Å². The number of methoxy groups -OCH3 is 1. The summed E-state index contributed by atoms with van der Waals surface area (Å²) in [5.41, 5.74) is 9.42. The Labute approximate surface area is 534 Å². The van der Waals surface area contributed by atoms with Gasteiger partial charge < -0.3 is 14.2 Å². The summed E-state index contributed by atoms with van der Waals surface area (Å²) in [4.78, 5) is 0. The minimum absolute atomic E-state index is 0. The van der Waals surface area contributed by atoms with E-state index in [9.17, 15) is 0 Å². The van der Waals surface area contributed by atoms with Crippen molar-refractivity contribution in [3.8, 4) is 22.3 Å². The number of hydrogen-bond acceptors (Lipinski definition) is 4. The van der Waals surface area contributed by atoms with Crippen LogP contribution in [0.5, 0.6) is 0 Å². The second-order valence-corrected chi connectivity index (χ2v) is 16.6. The summed E-state index contributed by atoms with van der Waals surface area (Å²) in [6.45, 7) is 42.8. The molecule has 0 unspecified atom stereocenters. The topological polar surface area (TPSA) is 36.9 Å². The van der Waals surface area contributed by atoms with Crippen LogP contribution in [0.1, 0.15) is 159 Å². The van der Waals surface area contributed by atoms with Gasteiger partial charge in [-0.1, -0.05) is 232 Å². The third-order valence-electron chi connectivity index (χ3n) is 11.7. The van der Waals surface area contributed by atoms with Crippen molar-refractivity contribution in [1.82, 2.24) is 0 Å². The highest BCUT2D eigenvalue weighted by Gasteiger charge is 2.53. The fourth-order valence-electron chi connectivity index (χ4n) is 7.12. The van der Waals surface area contributed by atoms with E-state index in [-0.39, 0.29) is 155 Å². The van der Waals surface area contributed by atoms with Gasteiger partial charge in [0.25, 0.3) is 0 Å². The van der Waals surface area contributed by atoms with Crippen LogP contribution >= 0.6 is 167 Å². The molecule has 2 aliphatic carbocycles. The molecule has 0 amide bonds. The van der Waals surface area contributed by atoms with Gasteiger partial charge in [-0.2, -0.15) is 0 Å². The van der Waals surface area contributed by atoms with E-state index in [4.69, 9.17) is 12.5 Å². The molecule has 0 aromatic heterocycles. The van der Waals surface area contributed by atoms with E-state index in [0.717, 1.165) is 17.7 Å². The first-order valence-electron chi connectivity index (χ1n) is 23.2. The molecule has 1 spiro atoms. The molecule has 0 fully saturated rings. The monoisotopic (exact) mass is 1730 g/mol. The van der Waals surface area contributed by atoms with E-state index in [1.807, 2.05) is 102 Å². The maximum atomic E-state index is 6.11. The molecule has 7 rings (SSSR count). The molecule has 0 N–H and O–H groups in total. The van der Waals surface area contributed by atoms with Crippen molar-refractivity contribution < 1.29 is 17.3 Å². The Kier molecular flexibility index (Phi) is 52.3. The summed E-state index contributed by atoms with van der Waals surface area (Å²) in [6, 6.07) is 33.4. The number of halogens is 7. The Morgan fingerprint density at radius 2 is 0.809 bits per heavy atom. The largest absolute Gasteiger partial charge is 0.449 e. The van der Waals surface area contributed by atoms with Crippen molar-refractivity contribution in [1.29, 1.82) is 0 Å². The zero-order valence-corrected chi connectivity index (χ0v) is 60.6. The second kappa shape index (κ2) is 43.0. The Balaban J connectivity index is -0.000000142. The van der Waals surface area contributed by atoms with E-state index >= 15 is 0 Å². The molecular formula is C57H91I7O4. The zero-order chi connectivity index (χ0) is 47.6. The van der Waals surface area contributed by atoms with Gasteiger partial charge in [-0.05, 0) is 57.6 Å². The molecule has 1 aliphatic heterocycles. The van der Waals surface area contributed by atoms with Crippen molar-refractivity contribution in [2.45, 2.75) is 148 Å². The molecule has 0 bridgehead atoms. The summed E-state index contributed by atoms with van der Waals surface area (Å²) in [7, 11) is 1.68. The number of hydrogen-bond donors (Lipinski definition) is 0. The standard InChI is InChI=1S/C18H17IO.C15H10O2.C11H22.C4H10.C3H8O.3C2H6.6HI/c1-4-17(2,3)18(20-19)15-11-7-5-9-13(15)14-10-6-8-12-16(14)18;1-3-7-13-11(5-1)12-6-2-4-8-14(12)15(13)16-9-10-17-15;1-7-9-11(5,6)10(3,4)8-2;2*1-3-4-2;3*1-2;;;;;;/h4-12H,1H2,2-3H3;1-10H;8H,2,7,9H2,1,3-6H3;3-4H2,1-2H3;3H2,1-2H3;3*1-2H3;6*1H. The quantitative estimate of drug-likeness (QED) is 0.124. The molecule has 11 heteroatoms. The van der Waals surface area contributed by atoms with Crippen LogP contribution in [-0.4, -0.2) is 13.7 Å². The lowest BCUT2D eigenvalue weighted by atomic mass is 9.66. The van der Waals surface area contributed by atoms with E-state index < -0.39 is 11.4 Å². The first-order chi connectivity index (χ1) is 29.7. The summed E-state index contributed by atoms with van der Waals surface area (Å²) >= 11 is 2.04.